The van der Waals surface area contributed by atoms with Crippen molar-refractivity contribution in [1.82, 2.24) is 0 Å². The van der Waals surface area contributed by atoms with Gasteiger partial charge in [-0.2, -0.15) is 13.2 Å². The quantitative estimate of drug-likeness (QED) is 0.876. The SMILES string of the molecule is CC(C)[C@@H](N)C(=O)Nc1ccc(OCC(F)(F)F)cc1. The van der Waals surface area contributed by atoms with Gasteiger partial charge in [0.2, 0.25) is 5.91 Å². The number of carbonyl (C=O) groups is 1. The fraction of sp³-hybridized carbons (Fsp3) is 0.462. The van der Waals surface area contributed by atoms with Gasteiger partial charge in [-0.15, -0.1) is 0 Å². The summed E-state index contributed by atoms with van der Waals surface area (Å²) in [6, 6.07) is 4.97. The van der Waals surface area contributed by atoms with Crippen LogP contribution in [0.4, 0.5) is 18.9 Å². The van der Waals surface area contributed by atoms with Crippen molar-refractivity contribution in [2.45, 2.75) is 26.1 Å². The number of halogens is 3. The molecule has 112 valence electrons. The third kappa shape index (κ3) is 5.48. The second-order valence-electron chi connectivity index (χ2n) is 4.69. The largest absolute Gasteiger partial charge is 0.484 e. The van der Waals surface area contributed by atoms with Crippen LogP contribution < -0.4 is 15.8 Å². The normalized spacial score (nSPS) is 13.2. The molecule has 1 atom stereocenters. The third-order valence-corrected chi connectivity index (χ3v) is 2.55. The highest BCUT2D eigenvalue weighted by Crippen LogP contribution is 2.20. The van der Waals surface area contributed by atoms with Crippen LogP contribution in [0.2, 0.25) is 0 Å². The molecule has 3 N–H and O–H groups in total. The van der Waals surface area contributed by atoms with Crippen molar-refractivity contribution < 1.29 is 22.7 Å². The number of nitrogens with two attached hydrogens (primary N) is 1. The number of ether oxygens (including phenoxy) is 1. The first-order valence-corrected chi connectivity index (χ1v) is 6.05. The first-order chi connectivity index (χ1) is 9.19. The Hall–Kier alpha value is -1.76. The van der Waals surface area contributed by atoms with E-state index in [-0.39, 0.29) is 17.6 Å². The van der Waals surface area contributed by atoms with Gasteiger partial charge >= 0.3 is 6.18 Å². The fourth-order valence-corrected chi connectivity index (χ4v) is 1.33. The van der Waals surface area contributed by atoms with E-state index in [1.807, 2.05) is 13.8 Å². The van der Waals surface area contributed by atoms with E-state index in [4.69, 9.17) is 5.73 Å². The summed E-state index contributed by atoms with van der Waals surface area (Å²) < 4.78 is 40.4. The minimum Gasteiger partial charge on any atom is -0.484 e. The number of amides is 1. The Kier molecular flexibility index (Phi) is 5.38. The third-order valence-electron chi connectivity index (χ3n) is 2.55. The average Bonchev–Trinajstić information content (AvgIpc) is 2.36. The van der Waals surface area contributed by atoms with Crippen molar-refractivity contribution in [2.24, 2.45) is 11.7 Å². The van der Waals surface area contributed by atoms with E-state index in [0.717, 1.165) is 0 Å². The van der Waals surface area contributed by atoms with E-state index in [2.05, 4.69) is 10.1 Å². The number of hydrogen-bond acceptors (Lipinski definition) is 3. The predicted molar refractivity (Wildman–Crippen MR) is 69.4 cm³/mol. The summed E-state index contributed by atoms with van der Waals surface area (Å²) in [6.45, 7) is 2.29. The molecule has 20 heavy (non-hydrogen) atoms. The Labute approximate surface area is 115 Å². The number of hydrogen-bond donors (Lipinski definition) is 2. The van der Waals surface area contributed by atoms with Crippen LogP contribution in [0.25, 0.3) is 0 Å². The van der Waals surface area contributed by atoms with Crippen LogP contribution in [0.15, 0.2) is 24.3 Å². The van der Waals surface area contributed by atoms with Gasteiger partial charge in [0.05, 0.1) is 6.04 Å². The smallest absolute Gasteiger partial charge is 0.422 e. The van der Waals surface area contributed by atoms with Crippen molar-refractivity contribution >= 4 is 11.6 Å². The highest BCUT2D eigenvalue weighted by Gasteiger charge is 2.28. The molecule has 7 heteroatoms. The molecule has 0 saturated carbocycles. The van der Waals surface area contributed by atoms with E-state index in [1.165, 1.54) is 24.3 Å². The van der Waals surface area contributed by atoms with Crippen molar-refractivity contribution in [3.05, 3.63) is 24.3 Å². The molecule has 1 aromatic carbocycles. The summed E-state index contributed by atoms with van der Waals surface area (Å²) in [5.41, 5.74) is 6.12. The topological polar surface area (TPSA) is 64.4 Å². The summed E-state index contributed by atoms with van der Waals surface area (Å²) in [6.07, 6.45) is -4.38. The summed E-state index contributed by atoms with van der Waals surface area (Å²) in [5, 5.41) is 2.58. The zero-order chi connectivity index (χ0) is 15.3. The second-order valence-corrected chi connectivity index (χ2v) is 4.69. The molecule has 0 unspecified atom stereocenters. The lowest BCUT2D eigenvalue weighted by Gasteiger charge is -2.15. The van der Waals surface area contributed by atoms with Gasteiger partial charge in [0.25, 0.3) is 0 Å². The molecule has 1 aromatic rings. The number of alkyl halides is 3. The lowest BCUT2D eigenvalue weighted by atomic mass is 10.1. The van der Waals surface area contributed by atoms with Gasteiger partial charge < -0.3 is 15.8 Å². The summed E-state index contributed by atoms with van der Waals surface area (Å²) >= 11 is 0. The molecular formula is C13H17F3N2O2. The molecule has 0 fully saturated rings. The Bertz CT molecular complexity index is 444. The maximum atomic E-state index is 12.0. The highest BCUT2D eigenvalue weighted by molar-refractivity contribution is 5.94. The molecule has 4 nitrogen and oxygen atoms in total. The van der Waals surface area contributed by atoms with Crippen molar-refractivity contribution in [3.8, 4) is 5.75 Å². The van der Waals surface area contributed by atoms with E-state index in [1.54, 1.807) is 0 Å². The zero-order valence-corrected chi connectivity index (χ0v) is 11.2. The number of anilines is 1. The number of nitrogens with one attached hydrogen (secondary N) is 1. The van der Waals surface area contributed by atoms with Crippen LogP contribution >= 0.6 is 0 Å². The first-order valence-electron chi connectivity index (χ1n) is 6.05. The Morgan fingerprint density at radius 1 is 1.30 bits per heavy atom. The van der Waals surface area contributed by atoms with Crippen LogP contribution in [0.5, 0.6) is 5.75 Å². The van der Waals surface area contributed by atoms with Crippen LogP contribution in [-0.2, 0) is 4.79 Å². The number of carbonyl (C=O) groups excluding carboxylic acids is 1. The van der Waals surface area contributed by atoms with Crippen LogP contribution in [0, 0.1) is 5.92 Å². The highest BCUT2D eigenvalue weighted by atomic mass is 19.4. The molecule has 0 aromatic heterocycles. The molecule has 0 spiro atoms. The molecule has 1 amide bonds. The molecule has 0 bridgehead atoms. The number of benzene rings is 1. The van der Waals surface area contributed by atoms with E-state index in [0.29, 0.717) is 5.69 Å². The van der Waals surface area contributed by atoms with Gasteiger partial charge in [0, 0.05) is 5.69 Å². The zero-order valence-electron chi connectivity index (χ0n) is 11.2. The maximum absolute atomic E-state index is 12.0. The van der Waals surface area contributed by atoms with Crippen LogP contribution in [0.1, 0.15) is 13.8 Å². The molecule has 1 rings (SSSR count). The van der Waals surface area contributed by atoms with Crippen LogP contribution in [-0.4, -0.2) is 24.7 Å². The van der Waals surface area contributed by atoms with Crippen molar-refractivity contribution in [1.29, 1.82) is 0 Å². The van der Waals surface area contributed by atoms with E-state index >= 15 is 0 Å². The Morgan fingerprint density at radius 2 is 1.85 bits per heavy atom. The monoisotopic (exact) mass is 290 g/mol. The lowest BCUT2D eigenvalue weighted by molar-refractivity contribution is -0.153. The molecule has 0 aliphatic rings. The fourth-order valence-electron chi connectivity index (χ4n) is 1.33. The minimum absolute atomic E-state index is 0.00982. The Morgan fingerprint density at radius 3 is 2.30 bits per heavy atom. The molecular weight excluding hydrogens is 273 g/mol. The average molecular weight is 290 g/mol. The minimum atomic E-state index is -4.38. The standard InChI is InChI=1S/C13H17F3N2O2/c1-8(2)11(17)12(19)18-9-3-5-10(6-4-9)20-7-13(14,15)16/h3-6,8,11H,7,17H2,1-2H3,(H,18,19)/t11-/m1/s1. The van der Waals surface area contributed by atoms with Crippen LogP contribution in [0.3, 0.4) is 0 Å². The first kappa shape index (κ1) is 16.3. The van der Waals surface area contributed by atoms with Gasteiger partial charge in [0.1, 0.15) is 5.75 Å². The second kappa shape index (κ2) is 6.60. The van der Waals surface area contributed by atoms with Gasteiger partial charge in [-0.05, 0) is 30.2 Å². The lowest BCUT2D eigenvalue weighted by Crippen LogP contribution is -2.39. The summed E-state index contributed by atoms with van der Waals surface area (Å²) in [4.78, 5) is 11.7. The van der Waals surface area contributed by atoms with E-state index in [9.17, 15) is 18.0 Å². The van der Waals surface area contributed by atoms with Gasteiger partial charge in [-0.1, -0.05) is 13.8 Å². The molecule has 0 radical (unpaired) electrons. The molecule has 0 aliphatic heterocycles. The summed E-state index contributed by atoms with van der Waals surface area (Å²) in [7, 11) is 0. The van der Waals surface area contributed by atoms with E-state index < -0.39 is 18.8 Å². The van der Waals surface area contributed by atoms with Crippen molar-refractivity contribution in [2.75, 3.05) is 11.9 Å². The molecule has 0 aliphatic carbocycles. The van der Waals surface area contributed by atoms with Gasteiger partial charge in [-0.25, -0.2) is 0 Å². The maximum Gasteiger partial charge on any atom is 0.422 e. The van der Waals surface area contributed by atoms with Gasteiger partial charge in [0.15, 0.2) is 6.61 Å². The Balaban J connectivity index is 2.57. The molecule has 0 saturated heterocycles. The molecule has 0 heterocycles. The summed E-state index contributed by atoms with van der Waals surface area (Å²) in [5.74, 6) is -0.276. The predicted octanol–water partition coefficient (Wildman–Crippen LogP) is 2.55. The number of rotatable bonds is 5. The van der Waals surface area contributed by atoms with Crippen molar-refractivity contribution in [3.63, 3.8) is 0 Å². The van der Waals surface area contributed by atoms with Gasteiger partial charge in [-0.3, -0.25) is 4.79 Å².